The van der Waals surface area contributed by atoms with Crippen LogP contribution in [0.4, 0.5) is 0 Å². The molecule has 1 atom stereocenters. The molecule has 1 unspecified atom stereocenters. The van der Waals surface area contributed by atoms with E-state index in [0.29, 0.717) is 0 Å². The van der Waals surface area contributed by atoms with Crippen molar-refractivity contribution in [2.45, 2.75) is 19.4 Å². The SMILES string of the molecule is CCCNC(CS(C)(=O)=O)c1cscc1Br. The minimum atomic E-state index is -2.98. The lowest BCUT2D eigenvalue weighted by Gasteiger charge is -2.17. The molecule has 92 valence electrons. The molecule has 1 heterocycles. The lowest BCUT2D eigenvalue weighted by molar-refractivity contribution is 0.549. The van der Waals surface area contributed by atoms with Crippen LogP contribution in [0.25, 0.3) is 0 Å². The third-order valence-corrected chi connectivity index (χ3v) is 4.82. The third kappa shape index (κ3) is 4.53. The highest BCUT2D eigenvalue weighted by atomic mass is 79.9. The van der Waals surface area contributed by atoms with Crippen molar-refractivity contribution in [1.82, 2.24) is 5.32 Å². The van der Waals surface area contributed by atoms with Crippen molar-refractivity contribution in [3.05, 3.63) is 20.8 Å². The largest absolute Gasteiger partial charge is 0.309 e. The summed E-state index contributed by atoms with van der Waals surface area (Å²) >= 11 is 5.01. The monoisotopic (exact) mass is 325 g/mol. The third-order valence-electron chi connectivity index (χ3n) is 2.13. The Kier molecular flexibility index (Phi) is 5.43. The minimum absolute atomic E-state index is 0.115. The molecule has 0 aliphatic rings. The van der Waals surface area contributed by atoms with E-state index in [1.54, 1.807) is 11.3 Å². The van der Waals surface area contributed by atoms with E-state index in [0.717, 1.165) is 23.0 Å². The van der Waals surface area contributed by atoms with Crippen LogP contribution in [0.2, 0.25) is 0 Å². The van der Waals surface area contributed by atoms with Crippen molar-refractivity contribution in [2.75, 3.05) is 18.6 Å². The number of halogens is 1. The average Bonchev–Trinajstić information content (AvgIpc) is 2.57. The van der Waals surface area contributed by atoms with Gasteiger partial charge < -0.3 is 5.32 Å². The van der Waals surface area contributed by atoms with E-state index in [2.05, 4.69) is 28.2 Å². The zero-order chi connectivity index (χ0) is 12.2. The first kappa shape index (κ1) is 14.2. The lowest BCUT2D eigenvalue weighted by Crippen LogP contribution is -2.28. The summed E-state index contributed by atoms with van der Waals surface area (Å²) in [5.41, 5.74) is 1.03. The molecule has 16 heavy (non-hydrogen) atoms. The average molecular weight is 326 g/mol. The molecule has 0 aliphatic heterocycles. The number of hydrogen-bond donors (Lipinski definition) is 1. The molecule has 6 heteroatoms. The lowest BCUT2D eigenvalue weighted by atomic mass is 10.2. The zero-order valence-electron chi connectivity index (χ0n) is 9.36. The molecule has 1 rings (SSSR count). The van der Waals surface area contributed by atoms with Gasteiger partial charge >= 0.3 is 0 Å². The number of nitrogens with one attached hydrogen (secondary N) is 1. The quantitative estimate of drug-likeness (QED) is 0.874. The second-order valence-corrected chi connectivity index (χ2v) is 7.56. The van der Waals surface area contributed by atoms with Gasteiger partial charge in [0.05, 0.1) is 5.75 Å². The molecule has 0 saturated carbocycles. The van der Waals surface area contributed by atoms with E-state index in [1.165, 1.54) is 6.26 Å². The molecule has 1 aromatic rings. The Balaban J connectivity index is 2.83. The molecule has 0 radical (unpaired) electrons. The molecule has 0 amide bonds. The summed E-state index contributed by atoms with van der Waals surface area (Å²) in [4.78, 5) is 0. The summed E-state index contributed by atoms with van der Waals surface area (Å²) in [7, 11) is -2.98. The zero-order valence-corrected chi connectivity index (χ0v) is 12.6. The summed E-state index contributed by atoms with van der Waals surface area (Å²) in [6.07, 6.45) is 2.26. The van der Waals surface area contributed by atoms with Gasteiger partial charge in [-0.05, 0) is 39.8 Å². The minimum Gasteiger partial charge on any atom is -0.309 e. The molecule has 3 nitrogen and oxygen atoms in total. The summed E-state index contributed by atoms with van der Waals surface area (Å²) in [5, 5.41) is 7.23. The van der Waals surface area contributed by atoms with Crippen LogP contribution in [0.1, 0.15) is 24.9 Å². The van der Waals surface area contributed by atoms with Crippen LogP contribution in [0.15, 0.2) is 15.2 Å². The van der Waals surface area contributed by atoms with Gasteiger partial charge in [-0.2, -0.15) is 11.3 Å². The maximum atomic E-state index is 11.4. The van der Waals surface area contributed by atoms with E-state index in [9.17, 15) is 8.42 Å². The van der Waals surface area contributed by atoms with Gasteiger partial charge in [0.1, 0.15) is 9.84 Å². The standard InChI is InChI=1S/C10H16BrNO2S2/c1-3-4-12-10(7-16(2,13)14)8-5-15-6-9(8)11/h5-6,10,12H,3-4,7H2,1-2H3. The Morgan fingerprint density at radius 2 is 2.19 bits per heavy atom. The first-order chi connectivity index (χ1) is 7.44. The van der Waals surface area contributed by atoms with Crippen molar-refractivity contribution in [3.8, 4) is 0 Å². The van der Waals surface area contributed by atoms with Crippen LogP contribution in [-0.2, 0) is 9.84 Å². The van der Waals surface area contributed by atoms with E-state index >= 15 is 0 Å². The Labute approximate surface area is 109 Å². The topological polar surface area (TPSA) is 46.2 Å². The van der Waals surface area contributed by atoms with Crippen molar-refractivity contribution >= 4 is 37.1 Å². The number of thiophene rings is 1. The molecule has 0 fully saturated rings. The highest BCUT2D eigenvalue weighted by Crippen LogP contribution is 2.28. The van der Waals surface area contributed by atoms with Crippen molar-refractivity contribution < 1.29 is 8.42 Å². The number of rotatable bonds is 6. The van der Waals surface area contributed by atoms with Crippen molar-refractivity contribution in [1.29, 1.82) is 0 Å². The molecular weight excluding hydrogens is 310 g/mol. The fraction of sp³-hybridized carbons (Fsp3) is 0.600. The molecule has 0 saturated heterocycles. The van der Waals surface area contributed by atoms with Gasteiger partial charge in [0.15, 0.2) is 0 Å². The van der Waals surface area contributed by atoms with Crippen LogP contribution >= 0.6 is 27.3 Å². The van der Waals surface area contributed by atoms with Crippen LogP contribution in [-0.4, -0.2) is 27.0 Å². The predicted octanol–water partition coefficient (Wildman–Crippen LogP) is 2.60. The molecule has 0 bridgehead atoms. The van der Waals surface area contributed by atoms with Gasteiger partial charge in [-0.15, -0.1) is 0 Å². The van der Waals surface area contributed by atoms with Crippen LogP contribution < -0.4 is 5.32 Å². The highest BCUT2D eigenvalue weighted by Gasteiger charge is 2.19. The fourth-order valence-electron chi connectivity index (χ4n) is 1.42. The smallest absolute Gasteiger partial charge is 0.149 e. The summed E-state index contributed by atoms with van der Waals surface area (Å²) in [6.45, 7) is 2.88. The second-order valence-electron chi connectivity index (χ2n) is 3.77. The first-order valence-electron chi connectivity index (χ1n) is 5.06. The van der Waals surface area contributed by atoms with Crippen LogP contribution in [0.3, 0.4) is 0 Å². The molecule has 0 aromatic carbocycles. The van der Waals surface area contributed by atoms with Crippen molar-refractivity contribution in [3.63, 3.8) is 0 Å². The van der Waals surface area contributed by atoms with E-state index in [4.69, 9.17) is 0 Å². The van der Waals surface area contributed by atoms with Gasteiger partial charge in [-0.3, -0.25) is 0 Å². The molecule has 0 spiro atoms. The molecule has 1 N–H and O–H groups in total. The Bertz CT molecular complexity index is 428. The van der Waals surface area contributed by atoms with Gasteiger partial charge in [0.2, 0.25) is 0 Å². The second kappa shape index (κ2) is 6.14. The predicted molar refractivity (Wildman–Crippen MR) is 72.8 cm³/mol. The van der Waals surface area contributed by atoms with E-state index in [-0.39, 0.29) is 11.8 Å². The molecule has 0 aliphatic carbocycles. The fourth-order valence-corrected chi connectivity index (χ4v) is 3.95. The van der Waals surface area contributed by atoms with Crippen LogP contribution in [0.5, 0.6) is 0 Å². The van der Waals surface area contributed by atoms with Gasteiger partial charge in [-0.25, -0.2) is 8.42 Å². The molecular formula is C10H16BrNO2S2. The Hall–Kier alpha value is 0.0900. The van der Waals surface area contributed by atoms with Gasteiger partial charge in [0, 0.05) is 22.2 Å². The maximum absolute atomic E-state index is 11.4. The highest BCUT2D eigenvalue weighted by molar-refractivity contribution is 9.10. The Morgan fingerprint density at radius 1 is 1.50 bits per heavy atom. The van der Waals surface area contributed by atoms with Gasteiger partial charge in [-0.1, -0.05) is 6.92 Å². The number of sulfone groups is 1. The summed E-state index contributed by atoms with van der Waals surface area (Å²) < 4.78 is 23.7. The number of hydrogen-bond acceptors (Lipinski definition) is 4. The van der Waals surface area contributed by atoms with Gasteiger partial charge in [0.25, 0.3) is 0 Å². The normalized spacial score (nSPS) is 13.9. The first-order valence-corrected chi connectivity index (χ1v) is 8.86. The maximum Gasteiger partial charge on any atom is 0.149 e. The molecule has 1 aromatic heterocycles. The Morgan fingerprint density at radius 3 is 2.62 bits per heavy atom. The van der Waals surface area contributed by atoms with E-state index < -0.39 is 9.84 Å². The van der Waals surface area contributed by atoms with E-state index in [1.807, 2.05) is 10.8 Å². The summed E-state index contributed by atoms with van der Waals surface area (Å²) in [6, 6.07) is -0.115. The van der Waals surface area contributed by atoms with Crippen LogP contribution in [0, 0.1) is 0 Å². The van der Waals surface area contributed by atoms with Crippen molar-refractivity contribution in [2.24, 2.45) is 0 Å². The summed E-state index contributed by atoms with van der Waals surface area (Å²) in [5.74, 6) is 0.141.